The zero-order valence-electron chi connectivity index (χ0n) is 17.7. The summed E-state index contributed by atoms with van der Waals surface area (Å²) in [6.45, 7) is 0.774. The van der Waals surface area contributed by atoms with Crippen LogP contribution in [0.15, 0.2) is 71.4 Å². The predicted octanol–water partition coefficient (Wildman–Crippen LogP) is 5.12. The molecule has 0 bridgehead atoms. The number of nitrogens with one attached hydrogen (secondary N) is 1. The third kappa shape index (κ3) is 4.23. The van der Waals surface area contributed by atoms with E-state index < -0.39 is 5.97 Å². The first kappa shape index (κ1) is 20.6. The normalized spacial score (nSPS) is 12.5. The molecular formula is C25H21N3O5. The second-order valence-corrected chi connectivity index (χ2v) is 7.43. The molecule has 2 N–H and O–H groups in total. The van der Waals surface area contributed by atoms with Gasteiger partial charge in [-0.15, -0.1) is 0 Å². The molecule has 0 saturated carbocycles. The molecule has 2 aromatic carbocycles. The van der Waals surface area contributed by atoms with Crippen molar-refractivity contribution in [3.8, 4) is 33.9 Å². The van der Waals surface area contributed by atoms with Crippen LogP contribution in [0.3, 0.4) is 0 Å². The van der Waals surface area contributed by atoms with Gasteiger partial charge in [0.25, 0.3) is 0 Å². The number of aromatic nitrogens is 2. The number of hydrogen-bond acceptors (Lipinski definition) is 7. The van der Waals surface area contributed by atoms with Crippen LogP contribution in [0.25, 0.3) is 33.6 Å². The molecule has 8 heteroatoms. The molecule has 0 radical (unpaired) electrons. The van der Waals surface area contributed by atoms with Crippen molar-refractivity contribution in [2.75, 3.05) is 18.7 Å². The molecule has 5 rings (SSSR count). The van der Waals surface area contributed by atoms with Crippen molar-refractivity contribution in [1.29, 1.82) is 0 Å². The molecule has 1 aliphatic heterocycles. The Kier molecular flexibility index (Phi) is 5.63. The van der Waals surface area contributed by atoms with E-state index in [0.29, 0.717) is 41.8 Å². The van der Waals surface area contributed by atoms with Crippen LogP contribution >= 0.6 is 0 Å². The zero-order chi connectivity index (χ0) is 22.6. The number of carbonyl (C=O) groups is 1. The van der Waals surface area contributed by atoms with E-state index in [0.717, 1.165) is 22.1 Å². The second-order valence-electron chi connectivity index (χ2n) is 7.43. The smallest absolute Gasteiger partial charge is 0.307 e. The maximum Gasteiger partial charge on any atom is 0.307 e. The molecule has 1 aliphatic rings. The average Bonchev–Trinajstić information content (AvgIpc) is 3.46. The third-order valence-electron chi connectivity index (χ3n) is 5.25. The summed E-state index contributed by atoms with van der Waals surface area (Å²) < 4.78 is 17.3. The Morgan fingerprint density at radius 2 is 1.88 bits per heavy atom. The Morgan fingerprint density at radius 1 is 1.03 bits per heavy atom. The lowest BCUT2D eigenvalue weighted by atomic mass is 9.99. The lowest BCUT2D eigenvalue weighted by Crippen LogP contribution is -2.03. The molecular weight excluding hydrogens is 422 g/mol. The maximum absolute atomic E-state index is 10.7. The molecule has 0 atom stereocenters. The number of nitrogens with zero attached hydrogens (tertiary/aromatic N) is 2. The highest BCUT2D eigenvalue weighted by atomic mass is 16.7. The molecule has 166 valence electrons. The fourth-order valence-electron chi connectivity index (χ4n) is 3.76. The van der Waals surface area contributed by atoms with E-state index in [-0.39, 0.29) is 13.2 Å². The molecule has 4 aromatic rings. The van der Waals surface area contributed by atoms with Crippen LogP contribution < -0.4 is 14.8 Å². The highest BCUT2D eigenvalue weighted by Gasteiger charge is 2.24. The Balaban J connectivity index is 1.56. The number of ether oxygens (including phenoxy) is 2. The van der Waals surface area contributed by atoms with E-state index >= 15 is 0 Å². The van der Waals surface area contributed by atoms with Gasteiger partial charge in [0.2, 0.25) is 12.5 Å². The first-order chi connectivity index (χ1) is 16.2. The first-order valence-corrected chi connectivity index (χ1v) is 10.5. The van der Waals surface area contributed by atoms with Gasteiger partial charge >= 0.3 is 5.97 Å². The Bertz CT molecular complexity index is 1330. The lowest BCUT2D eigenvalue weighted by Gasteiger charge is -2.08. The van der Waals surface area contributed by atoms with Crippen LogP contribution in [0.5, 0.6) is 11.5 Å². The monoisotopic (exact) mass is 443 g/mol. The summed E-state index contributed by atoms with van der Waals surface area (Å²) in [5, 5.41) is 12.9. The van der Waals surface area contributed by atoms with Crippen LogP contribution in [-0.2, 0) is 4.79 Å². The van der Waals surface area contributed by atoms with Crippen LogP contribution in [0.4, 0.5) is 5.82 Å². The Hall–Kier alpha value is -4.33. The van der Waals surface area contributed by atoms with E-state index in [9.17, 15) is 4.79 Å². The van der Waals surface area contributed by atoms with Gasteiger partial charge in [0.05, 0.1) is 11.8 Å². The highest BCUT2D eigenvalue weighted by Crippen LogP contribution is 2.45. The quantitative estimate of drug-likeness (QED) is 0.286. The molecule has 0 unspecified atom stereocenters. The molecule has 8 nitrogen and oxygen atoms in total. The largest absolute Gasteiger partial charge is 0.481 e. The minimum Gasteiger partial charge on any atom is -0.481 e. The number of hydrogen-bond donors (Lipinski definition) is 2. The van der Waals surface area contributed by atoms with Gasteiger partial charge in [-0.25, -0.2) is 9.97 Å². The van der Waals surface area contributed by atoms with Crippen LogP contribution in [0, 0.1) is 0 Å². The summed E-state index contributed by atoms with van der Waals surface area (Å²) in [6, 6.07) is 15.6. The van der Waals surface area contributed by atoms with Crippen molar-refractivity contribution in [1.82, 2.24) is 9.97 Å². The second kappa shape index (κ2) is 9.04. The summed E-state index contributed by atoms with van der Waals surface area (Å²) in [4.78, 5) is 19.5. The summed E-state index contributed by atoms with van der Waals surface area (Å²) in [6.07, 6.45) is 5.61. The molecule has 0 amide bonds. The summed E-state index contributed by atoms with van der Waals surface area (Å²) in [5.74, 6) is 1.86. The standard InChI is InChI=1S/C25H21N3O5/c29-20(30)9-5-2-6-12-26-24-22-21(17-10-11-18-19(13-17)32-15-31-18)23(16-7-3-1-4-8-16)33-25(22)28-14-27-24/h1-5,7-8,10-11,13-14H,6,9,12,15H2,(H,29,30)(H,26,27,28)/b5-2+. The summed E-state index contributed by atoms with van der Waals surface area (Å²) in [7, 11) is 0. The highest BCUT2D eigenvalue weighted by molar-refractivity contribution is 6.06. The third-order valence-corrected chi connectivity index (χ3v) is 5.25. The number of fused-ring (bicyclic) bond motifs is 2. The molecule has 0 saturated heterocycles. The van der Waals surface area contributed by atoms with E-state index in [4.69, 9.17) is 19.0 Å². The SMILES string of the molecule is O=C(O)C/C=C/CCNc1ncnc2oc(-c3ccccc3)c(-c3ccc4c(c3)OCO4)c12. The van der Waals surface area contributed by atoms with E-state index in [1.807, 2.05) is 54.6 Å². The molecule has 0 aliphatic carbocycles. The van der Waals surface area contributed by atoms with Gasteiger partial charge in [-0.05, 0) is 24.1 Å². The number of carboxylic acids is 1. The van der Waals surface area contributed by atoms with Gasteiger partial charge in [0, 0.05) is 17.7 Å². The number of furan rings is 1. The fraction of sp³-hybridized carbons (Fsp3) is 0.160. The van der Waals surface area contributed by atoms with Crippen LogP contribution in [-0.4, -0.2) is 34.4 Å². The van der Waals surface area contributed by atoms with E-state index in [1.54, 1.807) is 6.08 Å². The number of aliphatic carboxylic acids is 1. The fourth-order valence-corrected chi connectivity index (χ4v) is 3.76. The Labute approximate surface area is 189 Å². The molecule has 0 fully saturated rings. The van der Waals surface area contributed by atoms with Crippen molar-refractivity contribution >= 4 is 22.9 Å². The van der Waals surface area contributed by atoms with Gasteiger partial charge in [-0.3, -0.25) is 4.79 Å². The number of anilines is 1. The van der Waals surface area contributed by atoms with E-state index in [1.165, 1.54) is 6.33 Å². The van der Waals surface area contributed by atoms with Gasteiger partial charge in [-0.1, -0.05) is 48.6 Å². The molecule has 33 heavy (non-hydrogen) atoms. The van der Waals surface area contributed by atoms with Crippen LogP contribution in [0.2, 0.25) is 0 Å². The van der Waals surface area contributed by atoms with E-state index in [2.05, 4.69) is 15.3 Å². The number of benzene rings is 2. The van der Waals surface area contributed by atoms with Crippen molar-refractivity contribution in [2.24, 2.45) is 0 Å². The Morgan fingerprint density at radius 3 is 2.73 bits per heavy atom. The van der Waals surface area contributed by atoms with Gasteiger partial charge < -0.3 is 24.3 Å². The molecule has 2 aromatic heterocycles. The van der Waals surface area contributed by atoms with Gasteiger partial charge in [0.15, 0.2) is 11.5 Å². The molecule has 0 spiro atoms. The summed E-state index contributed by atoms with van der Waals surface area (Å²) in [5.41, 5.74) is 3.15. The van der Waals surface area contributed by atoms with Gasteiger partial charge in [0.1, 0.15) is 17.9 Å². The maximum atomic E-state index is 10.7. The van der Waals surface area contributed by atoms with Crippen molar-refractivity contribution in [3.63, 3.8) is 0 Å². The number of rotatable bonds is 8. The first-order valence-electron chi connectivity index (χ1n) is 10.5. The molecule has 3 heterocycles. The minimum atomic E-state index is -0.850. The number of carboxylic acid groups (broad SMARTS) is 1. The minimum absolute atomic E-state index is 0.00812. The zero-order valence-corrected chi connectivity index (χ0v) is 17.7. The van der Waals surface area contributed by atoms with Crippen molar-refractivity contribution in [3.05, 3.63) is 67.0 Å². The topological polar surface area (TPSA) is 107 Å². The average molecular weight is 443 g/mol. The summed E-state index contributed by atoms with van der Waals surface area (Å²) >= 11 is 0. The predicted molar refractivity (Wildman–Crippen MR) is 123 cm³/mol. The van der Waals surface area contributed by atoms with Crippen LogP contribution in [0.1, 0.15) is 12.8 Å². The lowest BCUT2D eigenvalue weighted by molar-refractivity contribution is -0.136. The van der Waals surface area contributed by atoms with Crippen molar-refractivity contribution < 1.29 is 23.8 Å². The van der Waals surface area contributed by atoms with Crippen molar-refractivity contribution in [2.45, 2.75) is 12.8 Å². The van der Waals surface area contributed by atoms with Gasteiger partial charge in [-0.2, -0.15) is 0 Å².